The molecule has 0 saturated carbocycles. The zero-order valence-electron chi connectivity index (χ0n) is 23.8. The molecule has 218 valence electrons. The Morgan fingerprint density at radius 1 is 1.09 bits per heavy atom. The second kappa shape index (κ2) is 9.94. The zero-order valence-corrected chi connectivity index (χ0v) is 23.8. The van der Waals surface area contributed by atoms with E-state index >= 15 is 0 Å². The van der Waals surface area contributed by atoms with Gasteiger partial charge >= 0.3 is 0 Å². The van der Waals surface area contributed by atoms with Crippen molar-refractivity contribution in [3.8, 4) is 17.2 Å². The van der Waals surface area contributed by atoms with E-state index in [0.29, 0.717) is 17.8 Å². The van der Waals surface area contributed by atoms with Crippen LogP contribution < -0.4 is 10.1 Å². The van der Waals surface area contributed by atoms with Crippen molar-refractivity contribution < 1.29 is 33.7 Å². The van der Waals surface area contributed by atoms with Crippen LogP contribution in [0.25, 0.3) is 11.0 Å². The Morgan fingerprint density at radius 2 is 1.79 bits per heavy atom. The normalized spacial score (nSPS) is 19.4. The van der Waals surface area contributed by atoms with Gasteiger partial charge in [0.05, 0.1) is 28.2 Å². The van der Waals surface area contributed by atoms with Gasteiger partial charge in [-0.15, -0.1) is 0 Å². The SMILES string of the molecule is CC(=O)c1c(O)c(C)c(O)c2c1OC1=CC(=O)/C(=C(/C)N[C@H](Cc3nc4ccccc4[nH]3)c3ccc(F)cc3)C(=O)[C@@]12C. The summed E-state index contributed by atoms with van der Waals surface area (Å²) in [5, 5.41) is 25.0. The summed E-state index contributed by atoms with van der Waals surface area (Å²) in [6.07, 6.45) is 1.49. The van der Waals surface area contributed by atoms with Crippen molar-refractivity contribution in [2.45, 2.75) is 45.6 Å². The van der Waals surface area contributed by atoms with Crippen LogP contribution in [-0.2, 0) is 21.4 Å². The summed E-state index contributed by atoms with van der Waals surface area (Å²) in [5.41, 5.74) is 0.634. The molecule has 9 nitrogen and oxygen atoms in total. The molecule has 0 fully saturated rings. The van der Waals surface area contributed by atoms with Crippen LogP contribution in [0.3, 0.4) is 0 Å². The van der Waals surface area contributed by atoms with Crippen LogP contribution in [0.1, 0.15) is 59.7 Å². The molecule has 0 unspecified atom stereocenters. The third-order valence-electron chi connectivity index (χ3n) is 8.26. The van der Waals surface area contributed by atoms with Gasteiger partial charge < -0.3 is 25.3 Å². The summed E-state index contributed by atoms with van der Waals surface area (Å²) in [5.74, 6) is -2.60. The van der Waals surface area contributed by atoms with Crippen molar-refractivity contribution in [3.63, 3.8) is 0 Å². The largest absolute Gasteiger partial charge is 0.507 e. The third-order valence-corrected chi connectivity index (χ3v) is 8.26. The van der Waals surface area contributed by atoms with Gasteiger partial charge in [0.25, 0.3) is 0 Å². The molecule has 1 aliphatic carbocycles. The number of nitrogens with zero attached hydrogens (tertiary/aromatic N) is 1. The van der Waals surface area contributed by atoms with E-state index in [1.165, 1.54) is 39.0 Å². The van der Waals surface area contributed by atoms with Crippen molar-refractivity contribution in [3.05, 3.63) is 106 Å². The lowest BCUT2D eigenvalue weighted by Gasteiger charge is -2.30. The summed E-state index contributed by atoms with van der Waals surface area (Å²) in [7, 11) is 0. The van der Waals surface area contributed by atoms with Crippen LogP contribution in [0.2, 0.25) is 0 Å². The maximum Gasteiger partial charge on any atom is 0.194 e. The number of aromatic hydroxyl groups is 2. The Labute approximate surface area is 245 Å². The zero-order chi connectivity index (χ0) is 30.8. The van der Waals surface area contributed by atoms with E-state index in [4.69, 9.17) is 4.74 Å². The van der Waals surface area contributed by atoms with Crippen LogP contribution in [0.5, 0.6) is 17.2 Å². The highest BCUT2D eigenvalue weighted by Gasteiger charge is 2.56. The molecular weight excluding hydrogens is 553 g/mol. The summed E-state index contributed by atoms with van der Waals surface area (Å²) < 4.78 is 19.7. The molecule has 1 aromatic heterocycles. The number of hydrogen-bond acceptors (Lipinski definition) is 8. The molecular formula is C33H28FN3O6. The fourth-order valence-electron chi connectivity index (χ4n) is 5.94. The first-order valence-electron chi connectivity index (χ1n) is 13.7. The highest BCUT2D eigenvalue weighted by atomic mass is 19.1. The monoisotopic (exact) mass is 581 g/mol. The molecule has 0 saturated heterocycles. The third kappa shape index (κ3) is 4.29. The molecule has 2 heterocycles. The number of ketones is 3. The van der Waals surface area contributed by atoms with Gasteiger partial charge in [-0.2, -0.15) is 0 Å². The highest BCUT2D eigenvalue weighted by Crippen LogP contribution is 2.57. The number of phenols is 2. The second-order valence-electron chi connectivity index (χ2n) is 11.0. The topological polar surface area (TPSA) is 142 Å². The number of Topliss-reactive ketones (excluding diaryl/α,β-unsaturated/α-hetero) is 2. The van der Waals surface area contributed by atoms with Gasteiger partial charge in [-0.3, -0.25) is 14.4 Å². The van der Waals surface area contributed by atoms with Gasteiger partial charge in [0.1, 0.15) is 45.6 Å². The number of allylic oxidation sites excluding steroid dienone is 4. The van der Waals surface area contributed by atoms with Gasteiger partial charge in [0.15, 0.2) is 17.3 Å². The Kier molecular flexibility index (Phi) is 6.45. The average molecular weight is 582 g/mol. The summed E-state index contributed by atoms with van der Waals surface area (Å²) in [6.45, 7) is 5.77. The van der Waals surface area contributed by atoms with E-state index in [-0.39, 0.29) is 39.5 Å². The van der Waals surface area contributed by atoms with E-state index in [0.717, 1.165) is 11.0 Å². The molecule has 6 rings (SSSR count). The molecule has 2 aliphatic rings. The average Bonchev–Trinajstić information content (AvgIpc) is 3.50. The standard InChI is InChI=1S/C33H28FN3O6/c1-15-29(40)27(17(3)38)31-28(30(15)41)33(4)24(43-31)14-23(39)26(32(33)42)16(2)35-22(18-9-11-19(34)12-10-18)13-25-36-20-7-5-6-8-21(20)37-25/h5-12,14,22,35,40-41H,13H2,1-4H3,(H,36,37)/b26-16+/t22-,33+/m1/s1. The Hall–Kier alpha value is -5.25. The molecule has 10 heteroatoms. The number of rotatable bonds is 6. The summed E-state index contributed by atoms with van der Waals surface area (Å²) >= 11 is 0. The van der Waals surface area contributed by atoms with E-state index in [1.807, 2.05) is 24.3 Å². The first-order chi connectivity index (χ1) is 20.4. The molecule has 3 aromatic carbocycles. The predicted octanol–water partition coefficient (Wildman–Crippen LogP) is 5.16. The maximum atomic E-state index is 14.2. The molecule has 0 amide bonds. The van der Waals surface area contributed by atoms with Crippen LogP contribution in [0.15, 0.2) is 71.6 Å². The van der Waals surface area contributed by atoms with Crippen molar-refractivity contribution in [2.75, 3.05) is 0 Å². The van der Waals surface area contributed by atoms with Crippen LogP contribution >= 0.6 is 0 Å². The fraction of sp³-hybridized carbons (Fsp3) is 0.212. The Morgan fingerprint density at radius 3 is 2.47 bits per heavy atom. The Bertz CT molecular complexity index is 1910. The minimum Gasteiger partial charge on any atom is -0.507 e. The number of aromatic amines is 1. The number of phenolic OH excluding ortho intramolecular Hbond substituents is 2. The predicted molar refractivity (Wildman–Crippen MR) is 155 cm³/mol. The maximum absolute atomic E-state index is 14.2. The number of H-pyrrole nitrogens is 1. The lowest BCUT2D eigenvalue weighted by molar-refractivity contribution is -0.123. The van der Waals surface area contributed by atoms with E-state index < -0.39 is 46.1 Å². The molecule has 43 heavy (non-hydrogen) atoms. The number of carbonyl (C=O) groups is 3. The summed E-state index contributed by atoms with van der Waals surface area (Å²) in [4.78, 5) is 48.1. The first kappa shape index (κ1) is 27.9. The van der Waals surface area contributed by atoms with E-state index in [1.54, 1.807) is 19.1 Å². The lowest BCUT2D eigenvalue weighted by Crippen LogP contribution is -2.41. The smallest absolute Gasteiger partial charge is 0.194 e. The second-order valence-corrected chi connectivity index (χ2v) is 11.0. The molecule has 0 radical (unpaired) electrons. The fourth-order valence-corrected chi connectivity index (χ4v) is 5.94. The molecule has 4 N–H and O–H groups in total. The number of benzene rings is 3. The molecule has 1 aliphatic heterocycles. The summed E-state index contributed by atoms with van der Waals surface area (Å²) in [6, 6.07) is 12.9. The van der Waals surface area contributed by atoms with Crippen LogP contribution in [0.4, 0.5) is 4.39 Å². The van der Waals surface area contributed by atoms with E-state index in [9.17, 15) is 29.0 Å². The van der Waals surface area contributed by atoms with Gasteiger partial charge in [0, 0.05) is 23.8 Å². The quantitative estimate of drug-likeness (QED) is 0.139. The number of hydrogen-bond donors (Lipinski definition) is 4. The van der Waals surface area contributed by atoms with Gasteiger partial charge in [-0.25, -0.2) is 9.37 Å². The molecule has 2 atom stereocenters. The van der Waals surface area contributed by atoms with Gasteiger partial charge in [-0.05, 0) is 57.5 Å². The van der Waals surface area contributed by atoms with E-state index in [2.05, 4.69) is 15.3 Å². The van der Waals surface area contributed by atoms with Gasteiger partial charge in [0.2, 0.25) is 0 Å². The number of carbonyl (C=O) groups excluding carboxylic acids is 3. The molecule has 0 spiro atoms. The number of aromatic nitrogens is 2. The molecule has 0 bridgehead atoms. The number of ether oxygens (including phenoxy) is 1. The van der Waals surface area contributed by atoms with Crippen LogP contribution in [0, 0.1) is 12.7 Å². The minimum atomic E-state index is -1.64. The Balaban J connectivity index is 1.44. The van der Waals surface area contributed by atoms with Crippen molar-refractivity contribution >= 4 is 28.4 Å². The van der Waals surface area contributed by atoms with Gasteiger partial charge in [-0.1, -0.05) is 24.3 Å². The minimum absolute atomic E-state index is 0.0133. The lowest BCUT2D eigenvalue weighted by atomic mass is 9.70. The number of halogens is 1. The number of nitrogens with one attached hydrogen (secondary N) is 2. The van der Waals surface area contributed by atoms with Crippen molar-refractivity contribution in [1.82, 2.24) is 15.3 Å². The first-order valence-corrected chi connectivity index (χ1v) is 13.7. The molecule has 4 aromatic rings. The number of para-hydroxylation sites is 2. The number of fused-ring (bicyclic) bond motifs is 4. The van der Waals surface area contributed by atoms with Crippen molar-refractivity contribution in [2.24, 2.45) is 0 Å². The number of imidazole rings is 1. The van der Waals surface area contributed by atoms with Crippen molar-refractivity contribution in [1.29, 1.82) is 0 Å². The highest BCUT2D eigenvalue weighted by molar-refractivity contribution is 6.31. The van der Waals surface area contributed by atoms with Crippen LogP contribution in [-0.4, -0.2) is 37.5 Å².